The van der Waals surface area contributed by atoms with E-state index in [-0.39, 0.29) is 32.7 Å². The average Bonchev–Trinajstić information content (AvgIpc) is 3.22. The zero-order valence-electron chi connectivity index (χ0n) is 31.2. The van der Waals surface area contributed by atoms with Gasteiger partial charge in [-0.1, -0.05) is 94.9 Å². The number of nitrogens with one attached hydrogen (secondary N) is 1. The number of carbonyl (C=O) groups is 1. The lowest BCUT2D eigenvalue weighted by Crippen LogP contribution is -2.16. The number of aromatic hydroxyl groups is 2. The van der Waals surface area contributed by atoms with Gasteiger partial charge in [-0.25, -0.2) is 18.7 Å². The molecule has 4 aromatic heterocycles. The Labute approximate surface area is 358 Å². The van der Waals surface area contributed by atoms with Crippen LogP contribution in [0, 0.1) is 25.5 Å². The molecule has 59 heavy (non-hydrogen) atoms. The van der Waals surface area contributed by atoms with Gasteiger partial charge in [0.15, 0.2) is 6.29 Å². The zero-order chi connectivity index (χ0) is 42.6. The minimum atomic E-state index is -0.803. The van der Waals surface area contributed by atoms with Crippen LogP contribution < -0.4 is 11.1 Å². The number of hydrogen-bond donors (Lipinski definition) is 4. The highest BCUT2D eigenvalue weighted by molar-refractivity contribution is 6.33. The van der Waals surface area contributed by atoms with Crippen molar-refractivity contribution in [2.75, 3.05) is 11.1 Å². The van der Waals surface area contributed by atoms with Crippen molar-refractivity contribution < 1.29 is 23.8 Å². The van der Waals surface area contributed by atoms with Gasteiger partial charge in [-0.3, -0.25) is 14.8 Å². The summed E-state index contributed by atoms with van der Waals surface area (Å²) in [6.45, 7) is 3.73. The van der Waals surface area contributed by atoms with Gasteiger partial charge < -0.3 is 21.3 Å². The second-order valence-electron chi connectivity index (χ2n) is 12.6. The molecule has 15 heteroatoms. The van der Waals surface area contributed by atoms with Crippen LogP contribution in [0.15, 0.2) is 128 Å². The Bertz CT molecular complexity index is 2700. The summed E-state index contributed by atoms with van der Waals surface area (Å²) >= 11 is 23.5. The number of para-hydroxylation sites is 1. The highest BCUT2D eigenvalue weighted by atomic mass is 35.5. The van der Waals surface area contributed by atoms with Gasteiger partial charge in [-0.15, -0.1) is 0 Å². The molecule has 1 atom stereocenters. The fraction of sp³-hybridized carbons (Fsp3) is 0.0682. The van der Waals surface area contributed by atoms with Gasteiger partial charge in [0.25, 0.3) is 0 Å². The molecule has 1 unspecified atom stereocenters. The van der Waals surface area contributed by atoms with Crippen molar-refractivity contribution >= 4 is 86.1 Å². The number of aldehydes is 1. The maximum Gasteiger partial charge on any atom is 0.154 e. The van der Waals surface area contributed by atoms with Gasteiger partial charge in [-0.05, 0) is 79.6 Å². The summed E-state index contributed by atoms with van der Waals surface area (Å²) in [5, 5.41) is 26.7. The molecule has 0 fully saturated rings. The smallest absolute Gasteiger partial charge is 0.154 e. The molecule has 5 N–H and O–H groups in total. The van der Waals surface area contributed by atoms with E-state index >= 15 is 0 Å². The molecule has 4 heterocycles. The van der Waals surface area contributed by atoms with E-state index in [2.05, 4.69) is 25.3 Å². The molecule has 0 amide bonds. The number of nitrogens with two attached hydrogens (primary N) is 1. The van der Waals surface area contributed by atoms with E-state index < -0.39 is 17.7 Å². The first kappa shape index (κ1) is 44.0. The first-order chi connectivity index (χ1) is 28.3. The van der Waals surface area contributed by atoms with Gasteiger partial charge >= 0.3 is 0 Å². The molecule has 0 aliphatic rings. The summed E-state index contributed by atoms with van der Waals surface area (Å²) in [4.78, 5) is 26.5. The topological polar surface area (TPSA) is 147 Å². The van der Waals surface area contributed by atoms with E-state index in [1.54, 1.807) is 61.1 Å². The van der Waals surface area contributed by atoms with Crippen molar-refractivity contribution in [1.82, 2.24) is 19.9 Å². The van der Waals surface area contributed by atoms with E-state index in [4.69, 9.17) is 52.1 Å². The number of anilines is 2. The Balaban J connectivity index is 0.000000179. The van der Waals surface area contributed by atoms with Crippen molar-refractivity contribution in [3.8, 4) is 11.5 Å². The number of phenolic OH excluding ortho intramolecular Hbond substituents is 2. The van der Waals surface area contributed by atoms with Gasteiger partial charge in [0.2, 0.25) is 0 Å². The second kappa shape index (κ2) is 20.5. The summed E-state index contributed by atoms with van der Waals surface area (Å²) in [6.07, 6.45) is 6.72. The number of phenols is 2. The fourth-order valence-electron chi connectivity index (χ4n) is 5.51. The number of aryl methyl sites for hydroxylation is 2. The van der Waals surface area contributed by atoms with Crippen LogP contribution in [-0.4, -0.2) is 36.4 Å². The molecule has 0 aliphatic carbocycles. The summed E-state index contributed by atoms with van der Waals surface area (Å²) in [5.74, 6) is 0.0889. The maximum atomic E-state index is 14.8. The average molecular weight is 875 g/mol. The summed E-state index contributed by atoms with van der Waals surface area (Å²) in [7, 11) is 0. The Kier molecular flexibility index (Phi) is 15.3. The van der Waals surface area contributed by atoms with Crippen LogP contribution in [0.3, 0.4) is 0 Å². The number of carbonyl (C=O) groups excluding carboxylic acids is 1. The molecular weight excluding hydrogens is 840 g/mol. The minimum absolute atomic E-state index is 0.0504. The number of aromatic nitrogens is 4. The molecule has 8 rings (SSSR count). The molecule has 0 saturated carbocycles. The van der Waals surface area contributed by atoms with Crippen LogP contribution in [0.4, 0.5) is 20.4 Å². The van der Waals surface area contributed by atoms with E-state index in [0.29, 0.717) is 44.6 Å². The summed E-state index contributed by atoms with van der Waals surface area (Å²) < 4.78 is 27.3. The van der Waals surface area contributed by atoms with Crippen molar-refractivity contribution in [2.45, 2.75) is 19.9 Å². The number of nitrogens with zero attached hydrogens (tertiary/aromatic N) is 4. The third-order valence-corrected chi connectivity index (χ3v) is 9.97. The number of benzene rings is 4. The number of fused-ring (bicyclic) bond motifs is 2. The van der Waals surface area contributed by atoms with E-state index in [1.165, 1.54) is 36.5 Å². The zero-order valence-corrected chi connectivity index (χ0v) is 34.2. The van der Waals surface area contributed by atoms with Gasteiger partial charge in [0, 0.05) is 51.7 Å². The number of rotatable bonds is 5. The monoisotopic (exact) mass is 872 g/mol. The number of nitrogen functional groups attached to an aromatic ring is 1. The highest BCUT2D eigenvalue weighted by Gasteiger charge is 2.25. The SMILES string of the molecule is Cc1cc(N)ncc1Cl.Cc1cc(NC(c2ccc3cccnc3c2O)c2c(F)cccc2Cl)ncc1Cl.O=Cc1c(F)cccc1Cl.Oc1cccc2cccnc12. The first-order valence-electron chi connectivity index (χ1n) is 17.5. The maximum absolute atomic E-state index is 14.8. The Hall–Kier alpha value is -6.11. The molecule has 0 radical (unpaired) electrons. The largest absolute Gasteiger partial charge is 0.506 e. The highest BCUT2D eigenvalue weighted by Crippen LogP contribution is 2.39. The number of halogens is 6. The van der Waals surface area contributed by atoms with Crippen LogP contribution >= 0.6 is 46.4 Å². The van der Waals surface area contributed by atoms with Crippen molar-refractivity contribution in [3.63, 3.8) is 0 Å². The third-order valence-electron chi connectivity index (χ3n) is 8.51. The number of pyridine rings is 4. The molecule has 0 saturated heterocycles. The lowest BCUT2D eigenvalue weighted by molar-refractivity contribution is 0.112. The second-order valence-corrected chi connectivity index (χ2v) is 14.2. The van der Waals surface area contributed by atoms with E-state index in [1.807, 2.05) is 44.2 Å². The predicted octanol–water partition coefficient (Wildman–Crippen LogP) is 12.1. The van der Waals surface area contributed by atoms with E-state index in [0.717, 1.165) is 21.9 Å². The van der Waals surface area contributed by atoms with Crippen molar-refractivity contribution in [1.29, 1.82) is 0 Å². The van der Waals surface area contributed by atoms with Crippen LogP contribution in [-0.2, 0) is 0 Å². The standard InChI is InChI=1S/C22H16Cl2FN3O.C9H7NO.C7H4ClFO.C6H7ClN2/c1-12-10-18(27-11-16(12)24)28-21(19-15(23)5-2-6-17(19)25)14-8-7-13-4-3-9-26-20(13)22(14)29;11-8-5-1-3-7-4-2-6-10-9(7)8;8-6-2-1-3-7(9)5(6)4-10;1-4-2-6(8)9-3-5(4)7/h2-11,21,29H,1H3,(H,27,28);1-6,11H;1-4H;2-3H,1H3,(H2,8,9). The Morgan fingerprint density at radius 3 is 1.81 bits per heavy atom. The van der Waals surface area contributed by atoms with Crippen LogP contribution in [0.5, 0.6) is 11.5 Å². The molecule has 300 valence electrons. The fourth-order valence-corrected chi connectivity index (χ4v) is 6.20. The third kappa shape index (κ3) is 11.3. The molecule has 9 nitrogen and oxygen atoms in total. The van der Waals surface area contributed by atoms with Crippen molar-refractivity contribution in [2.24, 2.45) is 0 Å². The first-order valence-corrected chi connectivity index (χ1v) is 19.0. The lowest BCUT2D eigenvalue weighted by Gasteiger charge is -2.23. The van der Waals surface area contributed by atoms with Gasteiger partial charge in [0.1, 0.15) is 45.8 Å². The van der Waals surface area contributed by atoms with Crippen LogP contribution in [0.2, 0.25) is 20.1 Å². The predicted molar refractivity (Wildman–Crippen MR) is 233 cm³/mol. The van der Waals surface area contributed by atoms with E-state index in [9.17, 15) is 23.8 Å². The molecule has 8 aromatic rings. The lowest BCUT2D eigenvalue weighted by atomic mass is 9.95. The molecular formula is C44H34Cl4F2N6O3. The summed E-state index contributed by atoms with van der Waals surface area (Å²) in [6, 6.07) is 27.5. The summed E-state index contributed by atoms with van der Waals surface area (Å²) in [5.41, 5.74) is 8.77. The Morgan fingerprint density at radius 2 is 1.24 bits per heavy atom. The number of hydrogen-bond acceptors (Lipinski definition) is 9. The van der Waals surface area contributed by atoms with Gasteiger partial charge in [-0.2, -0.15) is 0 Å². The molecule has 0 bridgehead atoms. The minimum Gasteiger partial charge on any atom is -0.506 e. The molecule has 0 aliphatic heterocycles. The van der Waals surface area contributed by atoms with Crippen LogP contribution in [0.1, 0.15) is 38.7 Å². The van der Waals surface area contributed by atoms with Crippen molar-refractivity contribution in [3.05, 3.63) is 187 Å². The molecule has 4 aromatic carbocycles. The Morgan fingerprint density at radius 1 is 0.661 bits per heavy atom. The molecule has 0 spiro atoms. The van der Waals surface area contributed by atoms with Gasteiger partial charge in [0.05, 0.1) is 26.7 Å². The normalized spacial score (nSPS) is 10.9. The van der Waals surface area contributed by atoms with Crippen LogP contribution in [0.25, 0.3) is 21.8 Å². The quantitative estimate of drug-likeness (QED) is 0.124.